The zero-order valence-corrected chi connectivity index (χ0v) is 11.5. The third-order valence-electron chi connectivity index (χ3n) is 2.30. The highest BCUT2D eigenvalue weighted by Gasteiger charge is 2.26. The SMILES string of the molecule is CCC(C(=O)O[Si](C)(C)C)c1ccccc1. The van der Waals surface area contributed by atoms with Crippen LogP contribution in [0.2, 0.25) is 19.6 Å². The molecule has 0 saturated heterocycles. The molecule has 0 aliphatic carbocycles. The smallest absolute Gasteiger partial charge is 0.300 e. The molecule has 0 bridgehead atoms. The molecule has 1 aromatic rings. The molecule has 1 aromatic carbocycles. The van der Waals surface area contributed by atoms with E-state index in [2.05, 4.69) is 0 Å². The van der Waals surface area contributed by atoms with Crippen molar-refractivity contribution in [3.8, 4) is 0 Å². The first-order chi connectivity index (χ1) is 7.44. The van der Waals surface area contributed by atoms with Gasteiger partial charge in [-0.15, -0.1) is 0 Å². The van der Waals surface area contributed by atoms with Gasteiger partial charge in [-0.3, -0.25) is 4.79 Å². The zero-order valence-electron chi connectivity index (χ0n) is 10.5. The largest absolute Gasteiger partial charge is 0.519 e. The first kappa shape index (κ1) is 13.0. The van der Waals surface area contributed by atoms with Crippen LogP contribution < -0.4 is 0 Å². The molecule has 0 aliphatic heterocycles. The Bertz CT molecular complexity index is 341. The first-order valence-electron chi connectivity index (χ1n) is 5.72. The number of carbonyl (C=O) groups is 1. The van der Waals surface area contributed by atoms with Gasteiger partial charge in [0.1, 0.15) is 0 Å². The van der Waals surface area contributed by atoms with E-state index in [0.717, 1.165) is 12.0 Å². The molecule has 0 fully saturated rings. The summed E-state index contributed by atoms with van der Waals surface area (Å²) in [6, 6.07) is 9.85. The number of rotatable bonds is 4. The number of hydrogen-bond acceptors (Lipinski definition) is 2. The highest BCUT2D eigenvalue weighted by atomic mass is 28.4. The molecule has 0 radical (unpaired) electrons. The van der Waals surface area contributed by atoms with Crippen molar-refractivity contribution in [2.45, 2.75) is 38.9 Å². The molecule has 0 N–H and O–H groups in total. The molecule has 3 heteroatoms. The van der Waals surface area contributed by atoms with E-state index in [1.165, 1.54) is 0 Å². The molecule has 2 nitrogen and oxygen atoms in total. The van der Waals surface area contributed by atoms with Crippen molar-refractivity contribution in [1.29, 1.82) is 0 Å². The standard InChI is InChI=1S/C13H20O2Si/c1-5-12(11-9-7-6-8-10-11)13(14)15-16(2,3)4/h6-10,12H,5H2,1-4H3. The van der Waals surface area contributed by atoms with Crippen molar-refractivity contribution in [3.05, 3.63) is 35.9 Å². The Morgan fingerprint density at radius 1 is 1.25 bits per heavy atom. The molecule has 0 spiro atoms. The summed E-state index contributed by atoms with van der Waals surface area (Å²) in [7, 11) is -1.78. The van der Waals surface area contributed by atoms with Crippen LogP contribution >= 0.6 is 0 Å². The van der Waals surface area contributed by atoms with E-state index in [0.29, 0.717) is 0 Å². The summed E-state index contributed by atoms with van der Waals surface area (Å²) in [4.78, 5) is 12.0. The maximum atomic E-state index is 12.0. The van der Waals surface area contributed by atoms with E-state index in [-0.39, 0.29) is 11.9 Å². The van der Waals surface area contributed by atoms with Gasteiger partial charge in [0.2, 0.25) is 8.32 Å². The van der Waals surface area contributed by atoms with E-state index in [9.17, 15) is 4.79 Å². The fraction of sp³-hybridized carbons (Fsp3) is 0.462. The highest BCUT2D eigenvalue weighted by Crippen LogP contribution is 2.22. The van der Waals surface area contributed by atoms with Crippen molar-refractivity contribution < 1.29 is 9.22 Å². The second kappa shape index (κ2) is 5.30. The number of carbonyl (C=O) groups excluding carboxylic acids is 1. The summed E-state index contributed by atoms with van der Waals surface area (Å²) in [5.74, 6) is -0.194. The molecule has 0 aliphatic rings. The maximum absolute atomic E-state index is 12.0. The Morgan fingerprint density at radius 3 is 2.25 bits per heavy atom. The monoisotopic (exact) mass is 236 g/mol. The van der Waals surface area contributed by atoms with Crippen LogP contribution in [0.25, 0.3) is 0 Å². The second-order valence-electron chi connectivity index (χ2n) is 4.90. The van der Waals surface area contributed by atoms with Crippen LogP contribution in [0.3, 0.4) is 0 Å². The van der Waals surface area contributed by atoms with Gasteiger partial charge < -0.3 is 4.43 Å². The van der Waals surface area contributed by atoms with Gasteiger partial charge in [0, 0.05) is 0 Å². The summed E-state index contributed by atoms with van der Waals surface area (Å²) < 4.78 is 5.55. The van der Waals surface area contributed by atoms with Gasteiger partial charge in [0.15, 0.2) is 0 Å². The van der Waals surface area contributed by atoms with E-state index in [4.69, 9.17) is 4.43 Å². The minimum absolute atomic E-state index is 0.0760. The Morgan fingerprint density at radius 2 is 1.81 bits per heavy atom. The lowest BCUT2D eigenvalue weighted by Crippen LogP contribution is -2.31. The summed E-state index contributed by atoms with van der Waals surface area (Å²) in [6.45, 7) is 8.11. The second-order valence-corrected chi connectivity index (χ2v) is 9.33. The van der Waals surface area contributed by atoms with Crippen molar-refractivity contribution >= 4 is 14.3 Å². The molecule has 0 saturated carbocycles. The van der Waals surface area contributed by atoms with Crippen LogP contribution in [0.15, 0.2) is 30.3 Å². The van der Waals surface area contributed by atoms with E-state index in [1.807, 2.05) is 56.9 Å². The van der Waals surface area contributed by atoms with Crippen molar-refractivity contribution in [3.63, 3.8) is 0 Å². The van der Waals surface area contributed by atoms with E-state index >= 15 is 0 Å². The average molecular weight is 236 g/mol. The third-order valence-corrected chi connectivity index (χ3v) is 3.12. The Hall–Kier alpha value is -1.09. The van der Waals surface area contributed by atoms with Crippen LogP contribution in [-0.4, -0.2) is 14.3 Å². The van der Waals surface area contributed by atoms with Gasteiger partial charge in [0.05, 0.1) is 5.92 Å². The molecule has 0 heterocycles. The lowest BCUT2D eigenvalue weighted by atomic mass is 9.97. The van der Waals surface area contributed by atoms with Gasteiger partial charge in [0.25, 0.3) is 5.97 Å². The molecular formula is C13H20O2Si. The Kier molecular flexibility index (Phi) is 4.30. The Labute approximate surface area is 98.8 Å². The minimum Gasteiger partial charge on any atom is -0.519 e. The fourth-order valence-electron chi connectivity index (χ4n) is 1.60. The van der Waals surface area contributed by atoms with Crippen molar-refractivity contribution in [2.75, 3.05) is 0 Å². The van der Waals surface area contributed by atoms with Gasteiger partial charge in [-0.1, -0.05) is 37.3 Å². The fourth-order valence-corrected chi connectivity index (χ4v) is 2.34. The lowest BCUT2D eigenvalue weighted by molar-refractivity contribution is -0.136. The molecule has 0 amide bonds. The summed E-state index contributed by atoms with van der Waals surface area (Å²) in [5.41, 5.74) is 1.05. The highest BCUT2D eigenvalue weighted by molar-refractivity contribution is 6.71. The summed E-state index contributed by atoms with van der Waals surface area (Å²) >= 11 is 0. The lowest BCUT2D eigenvalue weighted by Gasteiger charge is -2.22. The Balaban J connectivity index is 2.80. The van der Waals surface area contributed by atoms with Crippen molar-refractivity contribution in [2.24, 2.45) is 0 Å². The topological polar surface area (TPSA) is 26.3 Å². The minimum atomic E-state index is -1.78. The molecule has 0 aromatic heterocycles. The zero-order chi connectivity index (χ0) is 12.2. The maximum Gasteiger partial charge on any atom is 0.300 e. The number of benzene rings is 1. The van der Waals surface area contributed by atoms with Crippen LogP contribution in [0.1, 0.15) is 24.8 Å². The van der Waals surface area contributed by atoms with Gasteiger partial charge in [-0.25, -0.2) is 0 Å². The van der Waals surface area contributed by atoms with Gasteiger partial charge in [-0.2, -0.15) is 0 Å². The number of hydrogen-bond donors (Lipinski definition) is 0. The quantitative estimate of drug-likeness (QED) is 0.747. The van der Waals surface area contributed by atoms with Gasteiger partial charge in [-0.05, 0) is 31.6 Å². The van der Waals surface area contributed by atoms with Crippen LogP contribution in [-0.2, 0) is 9.22 Å². The molecule has 1 rings (SSSR count). The summed E-state index contributed by atoms with van der Waals surface area (Å²) in [6.07, 6.45) is 0.785. The first-order valence-corrected chi connectivity index (χ1v) is 9.12. The predicted molar refractivity (Wildman–Crippen MR) is 68.9 cm³/mol. The van der Waals surface area contributed by atoms with Crippen LogP contribution in [0, 0.1) is 0 Å². The van der Waals surface area contributed by atoms with Crippen LogP contribution in [0.4, 0.5) is 0 Å². The van der Waals surface area contributed by atoms with Crippen molar-refractivity contribution in [1.82, 2.24) is 0 Å². The van der Waals surface area contributed by atoms with Gasteiger partial charge >= 0.3 is 0 Å². The predicted octanol–water partition coefficient (Wildman–Crippen LogP) is 3.56. The molecular weight excluding hydrogens is 216 g/mol. The average Bonchev–Trinajstić information content (AvgIpc) is 2.17. The molecule has 88 valence electrons. The third kappa shape index (κ3) is 3.81. The molecule has 1 unspecified atom stereocenters. The van der Waals surface area contributed by atoms with Crippen LogP contribution in [0.5, 0.6) is 0 Å². The van der Waals surface area contributed by atoms with E-state index in [1.54, 1.807) is 0 Å². The molecule has 16 heavy (non-hydrogen) atoms. The van der Waals surface area contributed by atoms with E-state index < -0.39 is 8.32 Å². The normalized spacial score (nSPS) is 13.2. The molecule has 1 atom stereocenters. The summed E-state index contributed by atoms with van der Waals surface area (Å²) in [5, 5.41) is 0.